The van der Waals surface area contributed by atoms with Crippen molar-refractivity contribution in [1.29, 1.82) is 0 Å². The SMILES string of the molecule is Cc1cccc(C2=CC[C@@H](O)CC2)c1. The first-order chi connectivity index (χ1) is 6.75. The average molecular weight is 188 g/mol. The van der Waals surface area contributed by atoms with Gasteiger partial charge in [-0.25, -0.2) is 0 Å². The van der Waals surface area contributed by atoms with Crippen LogP contribution in [-0.4, -0.2) is 11.2 Å². The van der Waals surface area contributed by atoms with Crippen LogP contribution < -0.4 is 0 Å². The van der Waals surface area contributed by atoms with Gasteiger partial charge in [-0.15, -0.1) is 0 Å². The highest BCUT2D eigenvalue weighted by Gasteiger charge is 2.12. The van der Waals surface area contributed by atoms with Crippen molar-refractivity contribution in [3.63, 3.8) is 0 Å². The van der Waals surface area contributed by atoms with E-state index in [-0.39, 0.29) is 6.10 Å². The molecule has 1 N–H and O–H groups in total. The molecule has 0 saturated heterocycles. The third-order valence-electron chi connectivity index (χ3n) is 2.77. The molecule has 0 radical (unpaired) electrons. The molecule has 0 bridgehead atoms. The number of aliphatic hydroxyl groups excluding tert-OH is 1. The molecule has 0 fully saturated rings. The Morgan fingerprint density at radius 2 is 2.21 bits per heavy atom. The highest BCUT2D eigenvalue weighted by Crippen LogP contribution is 2.27. The minimum absolute atomic E-state index is 0.122. The molecule has 1 nitrogen and oxygen atoms in total. The second kappa shape index (κ2) is 3.97. The summed E-state index contributed by atoms with van der Waals surface area (Å²) in [4.78, 5) is 0. The van der Waals surface area contributed by atoms with E-state index in [9.17, 15) is 5.11 Å². The number of aryl methyl sites for hydroxylation is 1. The molecule has 1 aliphatic rings. The summed E-state index contributed by atoms with van der Waals surface area (Å²) in [6.45, 7) is 2.11. The van der Waals surface area contributed by atoms with Crippen molar-refractivity contribution in [2.24, 2.45) is 0 Å². The molecule has 1 heteroatoms. The highest BCUT2D eigenvalue weighted by molar-refractivity contribution is 5.66. The second-order valence-electron chi connectivity index (χ2n) is 4.03. The van der Waals surface area contributed by atoms with Crippen LogP contribution in [0.1, 0.15) is 30.4 Å². The molecule has 0 heterocycles. The predicted octanol–water partition coefficient (Wildman–Crippen LogP) is 2.92. The minimum atomic E-state index is -0.122. The summed E-state index contributed by atoms with van der Waals surface area (Å²) in [5, 5.41) is 9.38. The van der Waals surface area contributed by atoms with Gasteiger partial charge in [0, 0.05) is 0 Å². The maximum atomic E-state index is 9.38. The number of allylic oxidation sites excluding steroid dienone is 1. The maximum Gasteiger partial charge on any atom is 0.0578 e. The van der Waals surface area contributed by atoms with Gasteiger partial charge in [0.15, 0.2) is 0 Å². The van der Waals surface area contributed by atoms with Crippen molar-refractivity contribution in [3.8, 4) is 0 Å². The van der Waals surface area contributed by atoms with Crippen molar-refractivity contribution in [2.45, 2.75) is 32.3 Å². The van der Waals surface area contributed by atoms with Crippen molar-refractivity contribution >= 4 is 5.57 Å². The van der Waals surface area contributed by atoms with Crippen LogP contribution in [-0.2, 0) is 0 Å². The van der Waals surface area contributed by atoms with Gasteiger partial charge in [-0.05, 0) is 37.3 Å². The first-order valence-corrected chi connectivity index (χ1v) is 5.20. The molecule has 1 aromatic carbocycles. The zero-order chi connectivity index (χ0) is 9.97. The Balaban J connectivity index is 2.23. The van der Waals surface area contributed by atoms with E-state index in [4.69, 9.17) is 0 Å². The normalized spacial score (nSPS) is 21.9. The van der Waals surface area contributed by atoms with E-state index >= 15 is 0 Å². The summed E-state index contributed by atoms with van der Waals surface area (Å²) in [5.41, 5.74) is 4.01. The van der Waals surface area contributed by atoms with E-state index in [0.29, 0.717) is 0 Å². The molecule has 1 atom stereocenters. The van der Waals surface area contributed by atoms with Gasteiger partial charge in [-0.2, -0.15) is 0 Å². The van der Waals surface area contributed by atoms with Gasteiger partial charge < -0.3 is 5.11 Å². The third-order valence-corrected chi connectivity index (χ3v) is 2.77. The second-order valence-corrected chi connectivity index (χ2v) is 4.03. The smallest absolute Gasteiger partial charge is 0.0578 e. The van der Waals surface area contributed by atoms with Crippen molar-refractivity contribution < 1.29 is 5.11 Å². The number of hydrogen-bond donors (Lipinski definition) is 1. The number of benzene rings is 1. The molecule has 1 aromatic rings. The van der Waals surface area contributed by atoms with E-state index in [0.717, 1.165) is 19.3 Å². The standard InChI is InChI=1S/C13H16O/c1-10-3-2-4-12(9-10)11-5-7-13(14)8-6-11/h2-5,9,13-14H,6-8H2,1H3/t13-/m1/s1. The van der Waals surface area contributed by atoms with Crippen molar-refractivity contribution in [1.82, 2.24) is 0 Å². The molecular formula is C13H16O. The van der Waals surface area contributed by atoms with Crippen molar-refractivity contribution in [3.05, 3.63) is 41.5 Å². The van der Waals surface area contributed by atoms with Gasteiger partial charge in [0.25, 0.3) is 0 Å². The number of aliphatic hydroxyl groups is 1. The highest BCUT2D eigenvalue weighted by atomic mass is 16.3. The monoisotopic (exact) mass is 188 g/mol. The van der Waals surface area contributed by atoms with E-state index < -0.39 is 0 Å². The Labute approximate surface area is 85.1 Å². The molecular weight excluding hydrogens is 172 g/mol. The summed E-state index contributed by atoms with van der Waals surface area (Å²) < 4.78 is 0. The van der Waals surface area contributed by atoms with Gasteiger partial charge in [0.05, 0.1) is 6.10 Å². The summed E-state index contributed by atoms with van der Waals surface area (Å²) >= 11 is 0. The molecule has 0 aromatic heterocycles. The fourth-order valence-corrected chi connectivity index (χ4v) is 1.93. The lowest BCUT2D eigenvalue weighted by atomic mass is 9.91. The molecule has 0 amide bonds. The lowest BCUT2D eigenvalue weighted by Crippen LogP contribution is -2.09. The summed E-state index contributed by atoms with van der Waals surface area (Å²) in [7, 11) is 0. The molecule has 2 rings (SSSR count). The lowest BCUT2D eigenvalue weighted by Gasteiger charge is -2.17. The molecule has 14 heavy (non-hydrogen) atoms. The zero-order valence-corrected chi connectivity index (χ0v) is 8.53. The first kappa shape index (κ1) is 9.47. The van der Waals surface area contributed by atoms with Gasteiger partial charge in [-0.1, -0.05) is 35.9 Å². The molecule has 0 unspecified atom stereocenters. The molecule has 0 saturated carbocycles. The Hall–Kier alpha value is -1.08. The molecule has 1 aliphatic carbocycles. The number of rotatable bonds is 1. The summed E-state index contributed by atoms with van der Waals surface area (Å²) in [5.74, 6) is 0. The molecule has 0 aliphatic heterocycles. The Bertz CT molecular complexity index is 352. The number of hydrogen-bond acceptors (Lipinski definition) is 1. The average Bonchev–Trinajstić information content (AvgIpc) is 2.19. The van der Waals surface area contributed by atoms with Crippen LogP contribution in [0.2, 0.25) is 0 Å². The van der Waals surface area contributed by atoms with Gasteiger partial charge in [0.2, 0.25) is 0 Å². The van der Waals surface area contributed by atoms with Crippen LogP contribution in [0.5, 0.6) is 0 Å². The zero-order valence-electron chi connectivity index (χ0n) is 8.53. The van der Waals surface area contributed by atoms with Crippen LogP contribution >= 0.6 is 0 Å². The maximum absolute atomic E-state index is 9.38. The molecule has 0 spiro atoms. The Morgan fingerprint density at radius 3 is 2.86 bits per heavy atom. The Morgan fingerprint density at radius 1 is 1.36 bits per heavy atom. The van der Waals surface area contributed by atoms with Crippen LogP contribution in [0, 0.1) is 6.92 Å². The van der Waals surface area contributed by atoms with Crippen LogP contribution in [0.4, 0.5) is 0 Å². The minimum Gasteiger partial charge on any atom is -0.393 e. The predicted molar refractivity (Wildman–Crippen MR) is 59.0 cm³/mol. The van der Waals surface area contributed by atoms with E-state index in [1.807, 2.05) is 0 Å². The van der Waals surface area contributed by atoms with E-state index in [2.05, 4.69) is 37.3 Å². The summed E-state index contributed by atoms with van der Waals surface area (Å²) in [6.07, 6.45) is 4.76. The van der Waals surface area contributed by atoms with E-state index in [1.54, 1.807) is 0 Å². The van der Waals surface area contributed by atoms with Crippen molar-refractivity contribution in [2.75, 3.05) is 0 Å². The fourth-order valence-electron chi connectivity index (χ4n) is 1.93. The van der Waals surface area contributed by atoms with Crippen LogP contribution in [0.25, 0.3) is 5.57 Å². The summed E-state index contributed by atoms with van der Waals surface area (Å²) in [6, 6.07) is 8.57. The largest absolute Gasteiger partial charge is 0.393 e. The first-order valence-electron chi connectivity index (χ1n) is 5.20. The van der Waals surface area contributed by atoms with Crippen LogP contribution in [0.3, 0.4) is 0 Å². The molecule has 74 valence electrons. The lowest BCUT2D eigenvalue weighted by molar-refractivity contribution is 0.166. The quantitative estimate of drug-likeness (QED) is 0.718. The van der Waals surface area contributed by atoms with Gasteiger partial charge in [-0.3, -0.25) is 0 Å². The fraction of sp³-hybridized carbons (Fsp3) is 0.385. The van der Waals surface area contributed by atoms with E-state index in [1.165, 1.54) is 16.7 Å². The van der Waals surface area contributed by atoms with Crippen LogP contribution in [0.15, 0.2) is 30.3 Å². The third kappa shape index (κ3) is 2.05. The van der Waals surface area contributed by atoms with Gasteiger partial charge >= 0.3 is 0 Å². The van der Waals surface area contributed by atoms with Gasteiger partial charge in [0.1, 0.15) is 0 Å². The topological polar surface area (TPSA) is 20.2 Å². The Kier molecular flexibility index (Phi) is 2.69.